The van der Waals surface area contributed by atoms with E-state index < -0.39 is 0 Å². The van der Waals surface area contributed by atoms with Crippen molar-refractivity contribution in [2.45, 2.75) is 19.5 Å². The van der Waals surface area contributed by atoms with Gasteiger partial charge in [0.15, 0.2) is 5.96 Å². The normalized spacial score (nSPS) is 11.3. The van der Waals surface area contributed by atoms with E-state index in [4.69, 9.17) is 9.41 Å². The summed E-state index contributed by atoms with van der Waals surface area (Å²) >= 11 is 0. The van der Waals surface area contributed by atoms with E-state index in [1.165, 1.54) is 5.56 Å². The molecule has 2 N–H and O–H groups in total. The standard InChI is InChI=1S/C22H27N5O/c1-27(2)21-12-6-10-19(26-21)17-25-22(23-14-13-20-11-7-15-28-20)24-16-18-8-4-3-5-9-18/h3-12,15H,13-14,16-17H2,1-2H3,(H2,23,24,25). The summed E-state index contributed by atoms with van der Waals surface area (Å²) < 4.78 is 5.39. The van der Waals surface area contributed by atoms with Crippen LogP contribution in [0.2, 0.25) is 0 Å². The number of hydrogen-bond acceptors (Lipinski definition) is 4. The van der Waals surface area contributed by atoms with Gasteiger partial charge in [-0.15, -0.1) is 0 Å². The van der Waals surface area contributed by atoms with Crippen LogP contribution < -0.4 is 15.5 Å². The molecule has 0 fully saturated rings. The number of aliphatic imine (C=N–C) groups is 1. The van der Waals surface area contributed by atoms with E-state index in [1.807, 2.05) is 67.5 Å². The first kappa shape index (κ1) is 19.5. The van der Waals surface area contributed by atoms with Crippen molar-refractivity contribution in [1.82, 2.24) is 15.6 Å². The van der Waals surface area contributed by atoms with Crippen LogP contribution in [0.25, 0.3) is 0 Å². The maximum absolute atomic E-state index is 5.39. The number of aromatic nitrogens is 1. The number of rotatable bonds is 8. The zero-order valence-electron chi connectivity index (χ0n) is 16.4. The molecule has 28 heavy (non-hydrogen) atoms. The summed E-state index contributed by atoms with van der Waals surface area (Å²) in [6, 6.07) is 20.1. The number of anilines is 1. The molecule has 0 aliphatic heterocycles. The largest absolute Gasteiger partial charge is 0.469 e. The summed E-state index contributed by atoms with van der Waals surface area (Å²) in [4.78, 5) is 11.4. The molecule has 146 valence electrons. The van der Waals surface area contributed by atoms with Gasteiger partial charge in [-0.2, -0.15) is 0 Å². The Hall–Kier alpha value is -3.28. The van der Waals surface area contributed by atoms with Crippen LogP contribution in [-0.2, 0) is 19.5 Å². The summed E-state index contributed by atoms with van der Waals surface area (Å²) in [5.74, 6) is 2.65. The molecule has 3 rings (SSSR count). The average molecular weight is 377 g/mol. The van der Waals surface area contributed by atoms with Gasteiger partial charge in [0.2, 0.25) is 0 Å². The molecule has 0 atom stereocenters. The minimum Gasteiger partial charge on any atom is -0.469 e. The van der Waals surface area contributed by atoms with Crippen molar-refractivity contribution in [2.75, 3.05) is 25.5 Å². The Labute approximate surface area is 166 Å². The van der Waals surface area contributed by atoms with Crippen molar-refractivity contribution >= 4 is 11.8 Å². The monoisotopic (exact) mass is 377 g/mol. The second kappa shape index (κ2) is 10.2. The van der Waals surface area contributed by atoms with Crippen LogP contribution in [0.1, 0.15) is 17.0 Å². The minimum absolute atomic E-state index is 0.600. The van der Waals surface area contributed by atoms with Crippen molar-refractivity contribution in [3.05, 3.63) is 83.9 Å². The third kappa shape index (κ3) is 6.16. The first-order chi connectivity index (χ1) is 13.7. The maximum Gasteiger partial charge on any atom is 0.191 e. The van der Waals surface area contributed by atoms with Gasteiger partial charge in [-0.05, 0) is 29.8 Å². The minimum atomic E-state index is 0.600. The Morgan fingerprint density at radius 3 is 2.61 bits per heavy atom. The van der Waals surface area contributed by atoms with E-state index in [-0.39, 0.29) is 0 Å². The predicted octanol–water partition coefficient (Wildman–Crippen LogP) is 3.22. The van der Waals surface area contributed by atoms with Crippen molar-refractivity contribution in [3.8, 4) is 0 Å². The highest BCUT2D eigenvalue weighted by molar-refractivity contribution is 5.79. The lowest BCUT2D eigenvalue weighted by atomic mass is 10.2. The Morgan fingerprint density at radius 1 is 1.00 bits per heavy atom. The van der Waals surface area contributed by atoms with Crippen LogP contribution in [0.15, 0.2) is 76.3 Å². The molecule has 6 heteroatoms. The first-order valence-electron chi connectivity index (χ1n) is 9.42. The molecular weight excluding hydrogens is 350 g/mol. The molecule has 0 aliphatic rings. The van der Waals surface area contributed by atoms with E-state index in [2.05, 4.69) is 27.8 Å². The third-order valence-corrected chi connectivity index (χ3v) is 4.19. The van der Waals surface area contributed by atoms with Gasteiger partial charge in [-0.3, -0.25) is 0 Å². The van der Waals surface area contributed by atoms with Crippen LogP contribution in [-0.4, -0.2) is 31.6 Å². The predicted molar refractivity (Wildman–Crippen MR) is 113 cm³/mol. The lowest BCUT2D eigenvalue weighted by molar-refractivity contribution is 0.506. The van der Waals surface area contributed by atoms with Crippen LogP contribution in [0.3, 0.4) is 0 Å². The summed E-state index contributed by atoms with van der Waals surface area (Å²) in [5.41, 5.74) is 2.13. The van der Waals surface area contributed by atoms with Gasteiger partial charge < -0.3 is 20.0 Å². The second-order valence-electron chi connectivity index (χ2n) is 6.64. The number of pyridine rings is 1. The molecular formula is C22H27N5O. The van der Waals surface area contributed by atoms with Gasteiger partial charge in [-0.25, -0.2) is 9.98 Å². The number of hydrogen-bond donors (Lipinski definition) is 2. The molecule has 6 nitrogen and oxygen atoms in total. The molecule has 0 spiro atoms. The highest BCUT2D eigenvalue weighted by Crippen LogP contribution is 2.07. The molecule has 1 aromatic carbocycles. The fourth-order valence-electron chi connectivity index (χ4n) is 2.68. The lowest BCUT2D eigenvalue weighted by Gasteiger charge is -2.14. The third-order valence-electron chi connectivity index (χ3n) is 4.19. The summed E-state index contributed by atoms with van der Waals surface area (Å²) in [6.45, 7) is 1.95. The molecule has 3 aromatic rings. The molecule has 2 aromatic heterocycles. The Morgan fingerprint density at radius 2 is 1.86 bits per heavy atom. The molecule has 0 saturated heterocycles. The lowest BCUT2D eigenvalue weighted by Crippen LogP contribution is -2.38. The number of guanidine groups is 1. The summed E-state index contributed by atoms with van der Waals surface area (Å²) in [5, 5.41) is 6.76. The molecule has 0 bridgehead atoms. The van der Waals surface area contributed by atoms with Gasteiger partial charge in [0.05, 0.1) is 25.0 Å². The molecule has 0 radical (unpaired) electrons. The zero-order valence-corrected chi connectivity index (χ0v) is 16.4. The first-order valence-corrected chi connectivity index (χ1v) is 9.42. The van der Waals surface area contributed by atoms with E-state index in [1.54, 1.807) is 6.26 Å². The smallest absolute Gasteiger partial charge is 0.191 e. The van der Waals surface area contributed by atoms with Crippen LogP contribution in [0.4, 0.5) is 5.82 Å². The Balaban J connectivity index is 1.61. The Kier molecular flexibility index (Phi) is 7.07. The van der Waals surface area contributed by atoms with E-state index in [9.17, 15) is 0 Å². The fourth-order valence-corrected chi connectivity index (χ4v) is 2.68. The van der Waals surface area contributed by atoms with E-state index >= 15 is 0 Å². The number of benzene rings is 1. The van der Waals surface area contributed by atoms with E-state index in [0.29, 0.717) is 13.1 Å². The molecule has 0 saturated carbocycles. The summed E-state index contributed by atoms with van der Waals surface area (Å²) in [6.07, 6.45) is 2.49. The number of nitrogens with zero attached hydrogens (tertiary/aromatic N) is 3. The topological polar surface area (TPSA) is 65.7 Å². The average Bonchev–Trinajstić information content (AvgIpc) is 3.24. The molecule has 0 unspecified atom stereocenters. The van der Waals surface area contributed by atoms with Crippen molar-refractivity contribution in [1.29, 1.82) is 0 Å². The quantitative estimate of drug-likeness (QED) is 0.466. The fraction of sp³-hybridized carbons (Fsp3) is 0.273. The SMILES string of the molecule is CN(C)c1cccc(CNC(=NCc2ccccc2)NCCc2ccco2)n1. The molecule has 0 amide bonds. The van der Waals surface area contributed by atoms with Crippen molar-refractivity contribution in [3.63, 3.8) is 0 Å². The van der Waals surface area contributed by atoms with Gasteiger partial charge >= 0.3 is 0 Å². The molecule has 2 heterocycles. The van der Waals surface area contributed by atoms with Crippen molar-refractivity contribution in [2.24, 2.45) is 4.99 Å². The second-order valence-corrected chi connectivity index (χ2v) is 6.64. The van der Waals surface area contributed by atoms with Crippen molar-refractivity contribution < 1.29 is 4.42 Å². The maximum atomic E-state index is 5.39. The van der Waals surface area contributed by atoms with Gasteiger partial charge in [0.1, 0.15) is 11.6 Å². The highest BCUT2D eigenvalue weighted by atomic mass is 16.3. The zero-order chi connectivity index (χ0) is 19.6. The van der Waals surface area contributed by atoms with Gasteiger partial charge in [-0.1, -0.05) is 36.4 Å². The highest BCUT2D eigenvalue weighted by Gasteiger charge is 2.04. The summed E-state index contributed by atoms with van der Waals surface area (Å²) in [7, 11) is 3.98. The number of furan rings is 1. The van der Waals surface area contributed by atoms with Gasteiger partial charge in [0.25, 0.3) is 0 Å². The van der Waals surface area contributed by atoms with Gasteiger partial charge in [0, 0.05) is 27.1 Å². The van der Waals surface area contributed by atoms with E-state index in [0.717, 1.165) is 36.2 Å². The number of nitrogens with one attached hydrogen (secondary N) is 2. The molecule has 0 aliphatic carbocycles. The van der Waals surface area contributed by atoms with Crippen LogP contribution in [0.5, 0.6) is 0 Å². The van der Waals surface area contributed by atoms with Crippen LogP contribution >= 0.6 is 0 Å². The van der Waals surface area contributed by atoms with Crippen LogP contribution in [0, 0.1) is 0 Å². The Bertz CT molecular complexity index is 860.